The van der Waals surface area contributed by atoms with E-state index >= 15 is 0 Å². The smallest absolute Gasteiger partial charge is 0.260 e. The Kier molecular flexibility index (Phi) is 22.8. The van der Waals surface area contributed by atoms with Crippen molar-refractivity contribution in [2.75, 3.05) is 98.7 Å². The van der Waals surface area contributed by atoms with Crippen molar-refractivity contribution in [3.63, 3.8) is 0 Å². The molecule has 12 heteroatoms. The molecule has 6 bridgehead atoms. The number of benzene rings is 3. The summed E-state index contributed by atoms with van der Waals surface area (Å²) in [5.74, 6) is 1.96. The first kappa shape index (κ1) is 54.0. The van der Waals surface area contributed by atoms with E-state index in [1.54, 1.807) is 14.7 Å². The summed E-state index contributed by atoms with van der Waals surface area (Å²) in [6, 6.07) is 14.9. The number of fused-ring (bicyclic) bond motifs is 6. The number of amides is 3. The predicted octanol–water partition coefficient (Wildman–Crippen LogP) is 8.01. The van der Waals surface area contributed by atoms with Crippen LogP contribution in [0.5, 0.6) is 17.2 Å². The SMILES string of the molecule is CCc1cc2c(OCC(=O)N(CC)CC)c(c1)CCOCCc1cc(C(C)(C)C)cc(c1OCC(=O)N(CC)CC)CCOCCc1cccc(c1OCC(=O)N(CC)CC)CCOCC2. The van der Waals surface area contributed by atoms with E-state index in [0.717, 1.165) is 39.8 Å². The normalized spacial score (nSPS) is 14.4. The highest BCUT2D eigenvalue weighted by Gasteiger charge is 2.23. The molecule has 366 valence electrons. The van der Waals surface area contributed by atoms with E-state index in [4.69, 9.17) is 28.4 Å². The number of para-hydroxylation sites is 1. The Morgan fingerprint density at radius 1 is 0.470 bits per heavy atom. The summed E-state index contributed by atoms with van der Waals surface area (Å²) in [5.41, 5.74) is 8.12. The third kappa shape index (κ3) is 16.0. The van der Waals surface area contributed by atoms with Crippen LogP contribution in [0, 0.1) is 0 Å². The highest BCUT2D eigenvalue weighted by molar-refractivity contribution is 5.78. The molecule has 0 N–H and O–H groups in total. The molecular formula is C54H81N3O9. The van der Waals surface area contributed by atoms with Crippen LogP contribution in [0.2, 0.25) is 0 Å². The van der Waals surface area contributed by atoms with Gasteiger partial charge in [-0.15, -0.1) is 0 Å². The molecule has 0 spiro atoms. The minimum Gasteiger partial charge on any atom is -0.483 e. The molecule has 3 aromatic rings. The fourth-order valence-corrected chi connectivity index (χ4v) is 8.35. The van der Waals surface area contributed by atoms with Gasteiger partial charge in [0, 0.05) is 39.3 Å². The van der Waals surface area contributed by atoms with Crippen molar-refractivity contribution in [2.24, 2.45) is 0 Å². The number of hydrogen-bond acceptors (Lipinski definition) is 9. The average molecular weight is 916 g/mol. The molecule has 0 aromatic heterocycles. The molecule has 4 rings (SSSR count). The van der Waals surface area contributed by atoms with Crippen molar-refractivity contribution in [2.45, 2.75) is 120 Å². The third-order valence-electron chi connectivity index (χ3n) is 12.5. The van der Waals surface area contributed by atoms with Gasteiger partial charge >= 0.3 is 0 Å². The number of aryl methyl sites for hydroxylation is 1. The van der Waals surface area contributed by atoms with Gasteiger partial charge in [-0.1, -0.05) is 70.2 Å². The quantitative estimate of drug-likeness (QED) is 0.141. The van der Waals surface area contributed by atoms with Crippen LogP contribution in [0.15, 0.2) is 42.5 Å². The fraction of sp³-hybridized carbons (Fsp3) is 0.611. The summed E-state index contributed by atoms with van der Waals surface area (Å²) in [5, 5.41) is 0. The lowest BCUT2D eigenvalue weighted by atomic mass is 9.84. The lowest BCUT2D eigenvalue weighted by molar-refractivity contribution is -0.133. The molecule has 0 saturated carbocycles. The van der Waals surface area contributed by atoms with E-state index in [1.165, 1.54) is 11.1 Å². The molecule has 0 fully saturated rings. The van der Waals surface area contributed by atoms with Gasteiger partial charge in [0.2, 0.25) is 0 Å². The van der Waals surface area contributed by atoms with Gasteiger partial charge in [-0.2, -0.15) is 0 Å². The lowest BCUT2D eigenvalue weighted by Gasteiger charge is -2.25. The van der Waals surface area contributed by atoms with E-state index < -0.39 is 0 Å². The number of rotatable bonds is 16. The molecule has 1 aliphatic rings. The van der Waals surface area contributed by atoms with E-state index in [-0.39, 0.29) is 43.0 Å². The highest BCUT2D eigenvalue weighted by atomic mass is 16.5. The van der Waals surface area contributed by atoms with Crippen LogP contribution >= 0.6 is 0 Å². The molecule has 0 saturated heterocycles. The molecule has 1 aliphatic heterocycles. The monoisotopic (exact) mass is 916 g/mol. The van der Waals surface area contributed by atoms with Gasteiger partial charge in [0.05, 0.1) is 39.6 Å². The van der Waals surface area contributed by atoms with Gasteiger partial charge in [-0.05, 0) is 136 Å². The number of nitrogens with zero attached hydrogens (tertiary/aromatic N) is 3. The van der Waals surface area contributed by atoms with Gasteiger partial charge in [-0.25, -0.2) is 0 Å². The Bertz CT molecular complexity index is 1980. The van der Waals surface area contributed by atoms with Gasteiger partial charge in [0.25, 0.3) is 17.7 Å². The van der Waals surface area contributed by atoms with Crippen LogP contribution in [0.4, 0.5) is 0 Å². The van der Waals surface area contributed by atoms with Gasteiger partial charge < -0.3 is 43.1 Å². The molecule has 66 heavy (non-hydrogen) atoms. The summed E-state index contributed by atoms with van der Waals surface area (Å²) in [6.07, 6.45) is 4.39. The van der Waals surface area contributed by atoms with E-state index in [2.05, 4.69) is 52.0 Å². The second-order valence-electron chi connectivity index (χ2n) is 17.8. The first-order valence-corrected chi connectivity index (χ1v) is 24.7. The van der Waals surface area contributed by atoms with Crippen molar-refractivity contribution in [1.82, 2.24) is 14.7 Å². The molecule has 0 atom stereocenters. The highest BCUT2D eigenvalue weighted by Crippen LogP contribution is 2.34. The largest absolute Gasteiger partial charge is 0.483 e. The maximum absolute atomic E-state index is 13.3. The number of ether oxygens (including phenoxy) is 6. The third-order valence-corrected chi connectivity index (χ3v) is 12.5. The Hall–Kier alpha value is -4.65. The molecule has 0 aliphatic carbocycles. The predicted molar refractivity (Wildman–Crippen MR) is 262 cm³/mol. The zero-order chi connectivity index (χ0) is 48.1. The lowest BCUT2D eigenvalue weighted by Crippen LogP contribution is -2.34. The summed E-state index contributed by atoms with van der Waals surface area (Å²) in [4.78, 5) is 45.0. The number of carbonyl (C=O) groups is 3. The summed E-state index contributed by atoms with van der Waals surface area (Å²) in [6.45, 7) is 26.8. The van der Waals surface area contributed by atoms with Gasteiger partial charge in [-0.3, -0.25) is 14.4 Å². The second kappa shape index (κ2) is 27.9. The van der Waals surface area contributed by atoms with Crippen molar-refractivity contribution in [1.29, 1.82) is 0 Å². The van der Waals surface area contributed by atoms with E-state index in [0.29, 0.717) is 135 Å². The standard InChI is InChI=1S/C54H81N3O9/c1-11-40-33-43-23-29-61-27-21-41-19-18-20-42(51(41)64-37-48(58)55(12-2)13-3)22-28-62-31-25-45-35-47(54(8,9)10)36-46(53(45)66-39-50(60)57(16-6)17-7)26-32-63-30-24-44(34-40)52(43)65-38-49(59)56(14-4)15-5/h18-20,33-36H,11-17,21-32,37-39H2,1-10H3. The molecule has 0 radical (unpaired) electrons. The molecule has 3 amide bonds. The van der Waals surface area contributed by atoms with Crippen LogP contribution in [-0.2, 0) is 79.0 Å². The van der Waals surface area contributed by atoms with Crippen LogP contribution < -0.4 is 14.2 Å². The first-order valence-electron chi connectivity index (χ1n) is 24.7. The maximum atomic E-state index is 13.3. The van der Waals surface area contributed by atoms with Gasteiger partial charge in [0.15, 0.2) is 19.8 Å². The fourth-order valence-electron chi connectivity index (χ4n) is 8.35. The maximum Gasteiger partial charge on any atom is 0.260 e. The summed E-state index contributed by atoms with van der Waals surface area (Å²) in [7, 11) is 0. The van der Waals surface area contributed by atoms with Crippen molar-refractivity contribution >= 4 is 17.7 Å². The van der Waals surface area contributed by atoms with Crippen LogP contribution in [0.1, 0.15) is 114 Å². The van der Waals surface area contributed by atoms with Crippen LogP contribution in [-0.4, -0.2) is 131 Å². The minimum atomic E-state index is -0.145. The molecule has 0 unspecified atom stereocenters. The van der Waals surface area contributed by atoms with E-state index in [9.17, 15) is 14.4 Å². The molecule has 3 aromatic carbocycles. The molecule has 12 nitrogen and oxygen atoms in total. The zero-order valence-electron chi connectivity index (χ0n) is 42.1. The second-order valence-corrected chi connectivity index (χ2v) is 17.8. The molecular weight excluding hydrogens is 835 g/mol. The summed E-state index contributed by atoms with van der Waals surface area (Å²) < 4.78 is 38.4. The molecule has 1 heterocycles. The van der Waals surface area contributed by atoms with Crippen molar-refractivity contribution in [3.8, 4) is 17.2 Å². The van der Waals surface area contributed by atoms with Crippen molar-refractivity contribution in [3.05, 3.63) is 87.0 Å². The Balaban J connectivity index is 1.74. The number of hydrogen-bond donors (Lipinski definition) is 0. The van der Waals surface area contributed by atoms with E-state index in [1.807, 2.05) is 59.7 Å². The Morgan fingerprint density at radius 3 is 1.05 bits per heavy atom. The number of carbonyl (C=O) groups excluding carboxylic acids is 3. The minimum absolute atomic E-state index is 0.0529. The van der Waals surface area contributed by atoms with Crippen LogP contribution in [0.25, 0.3) is 0 Å². The van der Waals surface area contributed by atoms with Gasteiger partial charge in [0.1, 0.15) is 17.2 Å². The van der Waals surface area contributed by atoms with Crippen molar-refractivity contribution < 1.29 is 42.8 Å². The summed E-state index contributed by atoms with van der Waals surface area (Å²) >= 11 is 0. The topological polar surface area (TPSA) is 116 Å². The first-order chi connectivity index (χ1) is 31.8. The average Bonchev–Trinajstić information content (AvgIpc) is 3.30. The number of likely N-dealkylation sites (N-methyl/N-ethyl adjacent to an activating group) is 3. The Labute approximate surface area is 396 Å². The van der Waals surface area contributed by atoms with Crippen LogP contribution in [0.3, 0.4) is 0 Å². The Morgan fingerprint density at radius 2 is 0.758 bits per heavy atom. The zero-order valence-corrected chi connectivity index (χ0v) is 42.1.